The van der Waals surface area contributed by atoms with Gasteiger partial charge in [-0.05, 0) is 33.1 Å². The molecule has 0 unspecified atom stereocenters. The van der Waals surface area contributed by atoms with Gasteiger partial charge in [0.1, 0.15) is 12.1 Å². The molecule has 6 heteroatoms. The van der Waals surface area contributed by atoms with E-state index in [0.29, 0.717) is 19.0 Å². The number of amides is 2. The van der Waals surface area contributed by atoms with Crippen LogP contribution in [0.2, 0.25) is 0 Å². The molecule has 1 fully saturated rings. The first-order chi connectivity index (χ1) is 9.64. The van der Waals surface area contributed by atoms with Crippen molar-refractivity contribution < 1.29 is 19.4 Å². The molecule has 6 nitrogen and oxygen atoms in total. The highest BCUT2D eigenvalue weighted by Crippen LogP contribution is 2.17. The molecule has 122 valence electrons. The lowest BCUT2D eigenvalue weighted by Crippen LogP contribution is -2.57. The average Bonchev–Trinajstić information content (AvgIpc) is 2.33. The number of carbonyl (C=O) groups is 2. The first-order valence-electron chi connectivity index (χ1n) is 7.52. The van der Waals surface area contributed by atoms with Crippen LogP contribution in [-0.2, 0) is 9.53 Å². The van der Waals surface area contributed by atoms with Gasteiger partial charge in [-0.25, -0.2) is 4.79 Å². The van der Waals surface area contributed by atoms with Crippen LogP contribution in [0.4, 0.5) is 4.79 Å². The van der Waals surface area contributed by atoms with E-state index in [1.165, 1.54) is 4.90 Å². The first-order valence-corrected chi connectivity index (χ1v) is 7.52. The summed E-state index contributed by atoms with van der Waals surface area (Å²) in [6, 6.07) is -0.168. The van der Waals surface area contributed by atoms with E-state index in [-0.39, 0.29) is 25.1 Å². The van der Waals surface area contributed by atoms with Crippen LogP contribution in [-0.4, -0.2) is 64.8 Å². The lowest BCUT2D eigenvalue weighted by atomic mass is 10.0. The second kappa shape index (κ2) is 7.11. The highest BCUT2D eigenvalue weighted by Gasteiger charge is 2.33. The summed E-state index contributed by atoms with van der Waals surface area (Å²) >= 11 is 0. The zero-order valence-corrected chi connectivity index (χ0v) is 13.8. The van der Waals surface area contributed by atoms with E-state index in [1.807, 2.05) is 0 Å². The number of nitrogens with zero attached hydrogens (tertiary/aromatic N) is 2. The zero-order chi connectivity index (χ0) is 16.2. The fraction of sp³-hybridized carbons (Fsp3) is 0.867. The Balaban J connectivity index is 2.61. The molecule has 0 saturated carbocycles. The molecule has 0 aromatic rings. The molecule has 1 aliphatic rings. The predicted molar refractivity (Wildman–Crippen MR) is 79.8 cm³/mol. The van der Waals surface area contributed by atoms with Crippen LogP contribution in [0.15, 0.2) is 0 Å². The quantitative estimate of drug-likeness (QED) is 0.853. The molecule has 1 saturated heterocycles. The Morgan fingerprint density at radius 3 is 2.38 bits per heavy atom. The summed E-state index contributed by atoms with van der Waals surface area (Å²) in [6.45, 7) is 10.4. The standard InChI is InChI=1S/C15H28N2O4/c1-11(2)8-12(10-18)17-7-6-16(9-13(17)19)14(20)21-15(3,4)5/h11-12,18H,6-10H2,1-5H3/t12-/m0/s1. The fourth-order valence-electron chi connectivity index (χ4n) is 2.40. The van der Waals surface area contributed by atoms with Crippen LogP contribution in [0.25, 0.3) is 0 Å². The Morgan fingerprint density at radius 1 is 1.33 bits per heavy atom. The third-order valence-electron chi connectivity index (χ3n) is 3.30. The zero-order valence-electron chi connectivity index (χ0n) is 13.8. The number of carbonyl (C=O) groups excluding carboxylic acids is 2. The van der Waals surface area contributed by atoms with Crippen molar-refractivity contribution in [3.8, 4) is 0 Å². The summed E-state index contributed by atoms with van der Waals surface area (Å²) in [5.41, 5.74) is -0.567. The summed E-state index contributed by atoms with van der Waals surface area (Å²) in [6.07, 6.45) is 0.300. The normalized spacial score (nSPS) is 18.1. The minimum absolute atomic E-state index is 0.0174. The topological polar surface area (TPSA) is 70.1 Å². The Bertz CT molecular complexity index is 376. The van der Waals surface area contributed by atoms with Crippen LogP contribution in [0.3, 0.4) is 0 Å². The van der Waals surface area contributed by atoms with Gasteiger partial charge in [0, 0.05) is 13.1 Å². The molecule has 1 atom stereocenters. The van der Waals surface area contributed by atoms with E-state index in [9.17, 15) is 14.7 Å². The lowest BCUT2D eigenvalue weighted by molar-refractivity contribution is -0.140. The number of piperazine rings is 1. The van der Waals surface area contributed by atoms with Gasteiger partial charge in [0.15, 0.2) is 0 Å². The summed E-state index contributed by atoms with van der Waals surface area (Å²) in [5.74, 6) is 0.269. The SMILES string of the molecule is CC(C)C[C@@H](CO)N1CCN(C(=O)OC(C)(C)C)CC1=O. The molecular formula is C15H28N2O4. The monoisotopic (exact) mass is 300 g/mol. The van der Waals surface area contributed by atoms with Crippen molar-refractivity contribution in [2.24, 2.45) is 5.92 Å². The maximum atomic E-state index is 12.2. The van der Waals surface area contributed by atoms with Crippen molar-refractivity contribution in [2.75, 3.05) is 26.2 Å². The maximum absolute atomic E-state index is 12.2. The second-order valence-electron chi connectivity index (χ2n) is 6.95. The van der Waals surface area contributed by atoms with Gasteiger partial charge in [-0.1, -0.05) is 13.8 Å². The van der Waals surface area contributed by atoms with E-state index in [2.05, 4.69) is 13.8 Å². The highest BCUT2D eigenvalue weighted by molar-refractivity contribution is 5.83. The second-order valence-corrected chi connectivity index (χ2v) is 6.95. The Labute approximate surface area is 127 Å². The van der Waals surface area contributed by atoms with Gasteiger partial charge in [-0.3, -0.25) is 9.69 Å². The molecule has 1 aliphatic heterocycles. The molecule has 0 radical (unpaired) electrons. The van der Waals surface area contributed by atoms with Crippen molar-refractivity contribution in [3.63, 3.8) is 0 Å². The largest absolute Gasteiger partial charge is 0.444 e. The molecule has 2 amide bonds. The van der Waals surface area contributed by atoms with Crippen molar-refractivity contribution in [1.29, 1.82) is 0 Å². The van der Waals surface area contributed by atoms with Gasteiger partial charge in [0.05, 0.1) is 12.6 Å². The third kappa shape index (κ3) is 5.53. The first kappa shape index (κ1) is 17.8. The van der Waals surface area contributed by atoms with Crippen molar-refractivity contribution in [2.45, 2.75) is 52.7 Å². The fourth-order valence-corrected chi connectivity index (χ4v) is 2.40. The molecule has 0 aromatic heterocycles. The van der Waals surface area contributed by atoms with Crippen LogP contribution >= 0.6 is 0 Å². The highest BCUT2D eigenvalue weighted by atomic mass is 16.6. The molecular weight excluding hydrogens is 272 g/mol. The Hall–Kier alpha value is -1.30. The van der Waals surface area contributed by atoms with Gasteiger partial charge >= 0.3 is 6.09 Å². The predicted octanol–water partition coefficient (Wildman–Crippen LogP) is 1.47. The molecule has 1 heterocycles. The molecule has 0 bridgehead atoms. The lowest BCUT2D eigenvalue weighted by Gasteiger charge is -2.39. The molecule has 0 aromatic carbocycles. The minimum atomic E-state index is -0.567. The van der Waals surface area contributed by atoms with E-state index in [4.69, 9.17) is 4.74 Å². The Morgan fingerprint density at radius 2 is 1.95 bits per heavy atom. The van der Waals surface area contributed by atoms with Gasteiger partial charge in [0.2, 0.25) is 5.91 Å². The van der Waals surface area contributed by atoms with Crippen molar-refractivity contribution >= 4 is 12.0 Å². The van der Waals surface area contributed by atoms with Gasteiger partial charge in [0.25, 0.3) is 0 Å². The molecule has 1 N–H and O–H groups in total. The molecule has 21 heavy (non-hydrogen) atoms. The van der Waals surface area contributed by atoms with E-state index < -0.39 is 11.7 Å². The molecule has 0 spiro atoms. The number of rotatable bonds is 4. The average molecular weight is 300 g/mol. The summed E-state index contributed by atoms with van der Waals surface area (Å²) in [4.78, 5) is 27.3. The van der Waals surface area contributed by atoms with E-state index in [0.717, 1.165) is 6.42 Å². The molecule has 0 aliphatic carbocycles. The van der Waals surface area contributed by atoms with Gasteiger partial charge in [-0.15, -0.1) is 0 Å². The number of hydrogen-bond donors (Lipinski definition) is 1. The summed E-state index contributed by atoms with van der Waals surface area (Å²) < 4.78 is 5.28. The van der Waals surface area contributed by atoms with Crippen molar-refractivity contribution in [3.05, 3.63) is 0 Å². The van der Waals surface area contributed by atoms with Crippen LogP contribution in [0, 0.1) is 5.92 Å². The van der Waals surface area contributed by atoms with Gasteiger partial charge in [-0.2, -0.15) is 0 Å². The summed E-state index contributed by atoms with van der Waals surface area (Å²) in [7, 11) is 0. The van der Waals surface area contributed by atoms with Crippen LogP contribution in [0.5, 0.6) is 0 Å². The maximum Gasteiger partial charge on any atom is 0.410 e. The number of aliphatic hydroxyl groups is 1. The van der Waals surface area contributed by atoms with Crippen LogP contribution < -0.4 is 0 Å². The summed E-state index contributed by atoms with van der Waals surface area (Å²) in [5, 5.41) is 9.47. The van der Waals surface area contributed by atoms with E-state index >= 15 is 0 Å². The minimum Gasteiger partial charge on any atom is -0.444 e. The Kier molecular flexibility index (Phi) is 6.01. The number of aliphatic hydroxyl groups excluding tert-OH is 1. The van der Waals surface area contributed by atoms with Crippen LogP contribution in [0.1, 0.15) is 41.0 Å². The van der Waals surface area contributed by atoms with Crippen molar-refractivity contribution in [1.82, 2.24) is 9.80 Å². The third-order valence-corrected chi connectivity index (χ3v) is 3.30. The van der Waals surface area contributed by atoms with Gasteiger partial charge < -0.3 is 14.7 Å². The number of hydrogen-bond acceptors (Lipinski definition) is 4. The smallest absolute Gasteiger partial charge is 0.410 e. The molecule has 1 rings (SSSR count). The van der Waals surface area contributed by atoms with E-state index in [1.54, 1.807) is 25.7 Å². The number of ether oxygens (including phenoxy) is 1.